The monoisotopic (exact) mass is 491 g/mol. The van der Waals surface area contributed by atoms with Gasteiger partial charge in [0, 0.05) is 16.6 Å². The number of nitrogens with one attached hydrogen (secondary N) is 1. The van der Waals surface area contributed by atoms with E-state index in [1.54, 1.807) is 6.92 Å². The van der Waals surface area contributed by atoms with Crippen LogP contribution in [0, 0.1) is 17.0 Å². The number of ether oxygens (including phenoxy) is 1. The Bertz CT molecular complexity index is 824. The fourth-order valence-electron chi connectivity index (χ4n) is 2.54. The molecule has 140 valence electrons. The van der Waals surface area contributed by atoms with Gasteiger partial charge in [0.2, 0.25) is 0 Å². The van der Waals surface area contributed by atoms with Crippen LogP contribution in [0.3, 0.4) is 0 Å². The highest BCUT2D eigenvalue weighted by atomic mass is 79.9. The van der Waals surface area contributed by atoms with E-state index in [0.29, 0.717) is 10.0 Å². The fourth-order valence-corrected chi connectivity index (χ4v) is 4.22. The second kappa shape index (κ2) is 8.14. The van der Waals surface area contributed by atoms with Gasteiger partial charge < -0.3 is 20.1 Å². The van der Waals surface area contributed by atoms with Crippen LogP contribution in [0.2, 0.25) is 0 Å². The number of benzene rings is 1. The Hall–Kier alpha value is -1.98. The highest BCUT2D eigenvalue weighted by Crippen LogP contribution is 2.41. The average molecular weight is 493 g/mol. The van der Waals surface area contributed by atoms with Crippen molar-refractivity contribution in [2.24, 2.45) is 0 Å². The number of β-amino-alcohol motifs (C(OH)–C–C–N with tert-alkyl or cyclic N) is 1. The molecule has 0 radical (unpaired) electrons. The smallest absolute Gasteiger partial charge is 0.337 e. The summed E-state index contributed by atoms with van der Waals surface area (Å²) in [5.41, 5.74) is 0.519. The van der Waals surface area contributed by atoms with Crippen molar-refractivity contribution in [1.29, 1.82) is 0 Å². The molecule has 26 heavy (non-hydrogen) atoms. The van der Waals surface area contributed by atoms with Gasteiger partial charge in [-0.15, -0.1) is 0 Å². The summed E-state index contributed by atoms with van der Waals surface area (Å²) >= 11 is 6.50. The summed E-state index contributed by atoms with van der Waals surface area (Å²) in [4.78, 5) is 36.6. The zero-order chi connectivity index (χ0) is 19.6. The van der Waals surface area contributed by atoms with E-state index in [1.807, 2.05) is 0 Å². The third-order valence-electron chi connectivity index (χ3n) is 3.77. The number of aryl methyl sites for hydroxylation is 1. The maximum absolute atomic E-state index is 12.6. The normalized spacial score (nSPS) is 14.0. The van der Waals surface area contributed by atoms with Crippen LogP contribution >= 0.6 is 31.9 Å². The Labute approximate surface area is 165 Å². The number of methoxy groups -OCH3 is 1. The van der Waals surface area contributed by atoms with E-state index < -0.39 is 16.8 Å². The first-order chi connectivity index (χ1) is 12.2. The van der Waals surface area contributed by atoms with Crippen molar-refractivity contribution < 1.29 is 24.4 Å². The van der Waals surface area contributed by atoms with Gasteiger partial charge >= 0.3 is 5.97 Å². The van der Waals surface area contributed by atoms with Gasteiger partial charge in [0.1, 0.15) is 10.2 Å². The molecule has 9 nitrogen and oxygen atoms in total. The van der Waals surface area contributed by atoms with Gasteiger partial charge in [-0.2, -0.15) is 0 Å². The van der Waals surface area contributed by atoms with Crippen molar-refractivity contribution >= 4 is 55.1 Å². The molecule has 1 aromatic rings. The van der Waals surface area contributed by atoms with Crippen LogP contribution in [0.4, 0.5) is 11.4 Å². The summed E-state index contributed by atoms with van der Waals surface area (Å²) in [6, 6.07) is 1.54. The fraction of sp³-hybridized carbons (Fsp3) is 0.333. The minimum Gasteiger partial charge on any atom is -0.466 e. The van der Waals surface area contributed by atoms with Gasteiger partial charge in [-0.1, -0.05) is 0 Å². The molecule has 1 heterocycles. The molecular weight excluding hydrogens is 478 g/mol. The molecule has 0 aliphatic carbocycles. The predicted octanol–water partition coefficient (Wildman–Crippen LogP) is 2.10. The van der Waals surface area contributed by atoms with E-state index in [-0.39, 0.29) is 46.8 Å². The number of carbonyl (C=O) groups is 2. The first-order valence-electron chi connectivity index (χ1n) is 7.34. The number of aliphatic hydroxyl groups excluding tert-OH is 1. The zero-order valence-electron chi connectivity index (χ0n) is 13.8. The van der Waals surface area contributed by atoms with Gasteiger partial charge in [-0.05, 0) is 44.8 Å². The second-order valence-electron chi connectivity index (χ2n) is 5.39. The number of hydrogen-bond donors (Lipinski definition) is 2. The van der Waals surface area contributed by atoms with Crippen LogP contribution in [-0.2, 0) is 14.3 Å². The molecule has 0 saturated heterocycles. The molecule has 0 saturated carbocycles. The molecule has 11 heteroatoms. The Kier molecular flexibility index (Phi) is 6.37. The van der Waals surface area contributed by atoms with Crippen LogP contribution in [0.15, 0.2) is 26.3 Å². The number of anilines is 1. The van der Waals surface area contributed by atoms with Crippen LogP contribution in [0.1, 0.15) is 5.56 Å². The Morgan fingerprint density at radius 1 is 1.50 bits per heavy atom. The summed E-state index contributed by atoms with van der Waals surface area (Å²) in [5.74, 6) is -1.21. The largest absolute Gasteiger partial charge is 0.466 e. The number of aliphatic hydroxyl groups is 1. The lowest BCUT2D eigenvalue weighted by atomic mass is 10.1. The minimum absolute atomic E-state index is 0.0302. The average Bonchev–Trinajstić information content (AvgIpc) is 2.87. The van der Waals surface area contributed by atoms with Gasteiger partial charge in [0.25, 0.3) is 11.6 Å². The molecule has 0 unspecified atom stereocenters. The van der Waals surface area contributed by atoms with Crippen LogP contribution < -0.4 is 5.32 Å². The summed E-state index contributed by atoms with van der Waals surface area (Å²) in [5, 5.41) is 23.2. The molecule has 0 atom stereocenters. The summed E-state index contributed by atoms with van der Waals surface area (Å²) in [6.07, 6.45) is 0. The third kappa shape index (κ3) is 3.74. The molecule has 1 amide bonds. The molecule has 0 bridgehead atoms. The van der Waals surface area contributed by atoms with E-state index in [0.717, 1.165) is 0 Å². The molecule has 2 rings (SSSR count). The summed E-state index contributed by atoms with van der Waals surface area (Å²) in [6.45, 7) is 1.33. The molecule has 0 fully saturated rings. The molecular formula is C15H15Br2N3O6. The van der Waals surface area contributed by atoms with Gasteiger partial charge in [-0.3, -0.25) is 14.9 Å². The summed E-state index contributed by atoms with van der Waals surface area (Å²) in [7, 11) is 1.19. The van der Waals surface area contributed by atoms with Crippen molar-refractivity contribution in [1.82, 2.24) is 4.90 Å². The lowest BCUT2D eigenvalue weighted by Crippen LogP contribution is -2.31. The Morgan fingerprint density at radius 3 is 2.69 bits per heavy atom. The van der Waals surface area contributed by atoms with Crippen molar-refractivity contribution in [3.63, 3.8) is 0 Å². The van der Waals surface area contributed by atoms with Crippen LogP contribution in [0.5, 0.6) is 0 Å². The topological polar surface area (TPSA) is 122 Å². The van der Waals surface area contributed by atoms with E-state index in [2.05, 4.69) is 37.2 Å². The van der Waals surface area contributed by atoms with E-state index in [9.17, 15) is 19.7 Å². The number of nitro groups is 1. The SMILES string of the molecule is COC(=O)C1=C(Nc2c(Br)cc(C)c([N+](=O)[O-])c2Br)C(=O)N(CCO)C1. The number of nitrogens with zero attached hydrogens (tertiary/aromatic N) is 2. The number of nitro benzene ring substituents is 1. The number of hydrogen-bond acceptors (Lipinski definition) is 7. The highest BCUT2D eigenvalue weighted by molar-refractivity contribution is 9.11. The zero-order valence-corrected chi connectivity index (χ0v) is 17.0. The van der Waals surface area contributed by atoms with Crippen LogP contribution in [0.25, 0.3) is 0 Å². The maximum Gasteiger partial charge on any atom is 0.337 e. The molecule has 0 aromatic heterocycles. The molecule has 1 aromatic carbocycles. The lowest BCUT2D eigenvalue weighted by molar-refractivity contribution is -0.386. The lowest BCUT2D eigenvalue weighted by Gasteiger charge is -2.16. The number of halogens is 2. The minimum atomic E-state index is -0.699. The number of esters is 1. The second-order valence-corrected chi connectivity index (χ2v) is 7.04. The first-order valence-corrected chi connectivity index (χ1v) is 8.93. The predicted molar refractivity (Wildman–Crippen MR) is 99.6 cm³/mol. The van der Waals surface area contributed by atoms with Gasteiger partial charge in [0.05, 0.1) is 36.4 Å². The molecule has 1 aliphatic heterocycles. The Balaban J connectivity index is 2.54. The standard InChI is InChI=1S/C15H15Br2N3O6/c1-7-5-9(16)12(10(17)13(7)20(24)25)18-11-8(15(23)26-2)6-19(3-4-21)14(11)22/h5,18,21H,3-4,6H2,1-2H3. The molecule has 1 aliphatic rings. The van der Waals surface area contributed by atoms with Crippen molar-refractivity contribution in [2.75, 3.05) is 32.1 Å². The summed E-state index contributed by atoms with van der Waals surface area (Å²) < 4.78 is 5.32. The van der Waals surface area contributed by atoms with E-state index in [4.69, 9.17) is 9.84 Å². The van der Waals surface area contributed by atoms with E-state index in [1.165, 1.54) is 18.1 Å². The number of carbonyl (C=O) groups excluding carboxylic acids is 2. The number of rotatable bonds is 6. The van der Waals surface area contributed by atoms with Crippen molar-refractivity contribution in [3.8, 4) is 0 Å². The quantitative estimate of drug-likeness (QED) is 0.354. The first kappa shape index (κ1) is 20.3. The van der Waals surface area contributed by atoms with Crippen LogP contribution in [-0.4, -0.2) is 53.6 Å². The number of amides is 1. The van der Waals surface area contributed by atoms with Gasteiger partial charge in [0.15, 0.2) is 0 Å². The van der Waals surface area contributed by atoms with E-state index >= 15 is 0 Å². The Morgan fingerprint density at radius 2 is 2.15 bits per heavy atom. The molecule has 2 N–H and O–H groups in total. The maximum atomic E-state index is 12.6. The molecule has 0 spiro atoms. The van der Waals surface area contributed by atoms with Gasteiger partial charge in [-0.25, -0.2) is 4.79 Å². The third-order valence-corrected chi connectivity index (χ3v) is 5.17. The highest BCUT2D eigenvalue weighted by Gasteiger charge is 2.35. The van der Waals surface area contributed by atoms with Crippen molar-refractivity contribution in [3.05, 3.63) is 42.0 Å². The van der Waals surface area contributed by atoms with Crippen molar-refractivity contribution in [2.45, 2.75) is 6.92 Å².